The Balaban J connectivity index is -0.000000320. The van der Waals surface area contributed by atoms with E-state index < -0.39 is 13.8 Å². The molecule has 0 aliphatic heterocycles. The normalized spacial score (nSPS) is 9.90. The van der Waals surface area contributed by atoms with Gasteiger partial charge >= 0.3 is 43.3 Å². The van der Waals surface area contributed by atoms with Crippen LogP contribution in [0.1, 0.15) is 14.8 Å². The first-order valence-corrected chi connectivity index (χ1v) is 3.76. The summed E-state index contributed by atoms with van der Waals surface area (Å²) >= 11 is 0. The molecule has 0 aromatic carbocycles. The van der Waals surface area contributed by atoms with Crippen LogP contribution in [0, 0.1) is 0 Å². The zero-order valence-electron chi connectivity index (χ0n) is 6.77. The van der Waals surface area contributed by atoms with Crippen LogP contribution in [-0.2, 0) is 13.9 Å². The molecule has 56 valence electrons. The molecule has 0 fully saturated rings. The van der Waals surface area contributed by atoms with Gasteiger partial charge in [-0.25, -0.2) is 4.57 Å². The predicted octanol–water partition coefficient (Wildman–Crippen LogP) is -2.85. The largest absolute Gasteiger partial charge is 1.00 e. The molecular weight excluding hydrogens is 170 g/mol. The minimum Gasteiger partial charge on any atom is -1.00 e. The fraction of sp³-hybridized carbons (Fsp3) is 0.667. The van der Waals surface area contributed by atoms with Gasteiger partial charge in [0.15, 0.2) is 0 Å². The Bertz CT molecular complexity index is 156. The number of rotatable bonds is 2. The van der Waals surface area contributed by atoms with E-state index in [2.05, 4.69) is 4.52 Å². The van der Waals surface area contributed by atoms with Gasteiger partial charge in [-0.05, 0) is 0 Å². The molecule has 0 aliphatic carbocycles. The molecule has 0 atom stereocenters. The maximum atomic E-state index is 10.1. The molecule has 0 unspecified atom stereocenters. The second-order valence-electron chi connectivity index (χ2n) is 1.31. The molecule has 0 rings (SSSR count). The number of carbonyl (C=O) groups excluding carboxylic acids is 1. The van der Waals surface area contributed by atoms with Gasteiger partial charge in [-0.15, -0.1) is 0 Å². The number of phosphoric ester groups is 1. The fourth-order valence-corrected chi connectivity index (χ4v) is 0.592. The van der Waals surface area contributed by atoms with E-state index in [1.54, 1.807) is 0 Å². The number of hydrogen-bond donors (Lipinski definition) is 2. The Morgan fingerprint density at radius 3 is 2.20 bits per heavy atom. The predicted molar refractivity (Wildman–Crippen MR) is 29.5 cm³/mol. The molecule has 7 heteroatoms. The first-order valence-electron chi connectivity index (χ1n) is 2.23. The Labute approximate surface area is 81.8 Å². The van der Waals surface area contributed by atoms with Gasteiger partial charge in [0.1, 0.15) is 0 Å². The molecule has 0 saturated heterocycles. The minimum absolute atomic E-state index is 0. The molecule has 0 aromatic heterocycles. The van der Waals surface area contributed by atoms with E-state index in [9.17, 15) is 9.36 Å². The third kappa shape index (κ3) is 8.62. The van der Waals surface area contributed by atoms with Crippen LogP contribution < -0.4 is 29.6 Å². The van der Waals surface area contributed by atoms with Gasteiger partial charge in [0, 0.05) is 6.42 Å². The van der Waals surface area contributed by atoms with Crippen molar-refractivity contribution >= 4 is 13.8 Å². The topological polar surface area (TPSA) is 83.8 Å². The van der Waals surface area contributed by atoms with Crippen molar-refractivity contribution in [3.05, 3.63) is 0 Å². The van der Waals surface area contributed by atoms with E-state index >= 15 is 0 Å². The first kappa shape index (κ1) is 13.2. The zero-order chi connectivity index (χ0) is 7.49. The molecule has 0 bridgehead atoms. The van der Waals surface area contributed by atoms with Gasteiger partial charge in [-0.2, -0.15) is 0 Å². The van der Waals surface area contributed by atoms with Crippen molar-refractivity contribution in [1.29, 1.82) is 0 Å². The van der Waals surface area contributed by atoms with Crippen LogP contribution in [0.25, 0.3) is 0 Å². The van der Waals surface area contributed by atoms with E-state index in [1.807, 2.05) is 0 Å². The number of hydrogen-bond acceptors (Lipinski definition) is 3. The van der Waals surface area contributed by atoms with Crippen molar-refractivity contribution in [1.82, 2.24) is 0 Å². The van der Waals surface area contributed by atoms with Crippen molar-refractivity contribution < 1.29 is 54.7 Å². The van der Waals surface area contributed by atoms with Crippen molar-refractivity contribution in [3.63, 3.8) is 0 Å². The minimum atomic E-state index is -4.59. The summed E-state index contributed by atoms with van der Waals surface area (Å²) in [5.41, 5.74) is 0. The zero-order valence-corrected chi connectivity index (χ0v) is 8.67. The van der Waals surface area contributed by atoms with E-state index in [-0.39, 0.29) is 37.4 Å². The molecule has 0 spiro atoms. The molecular formula is C3H8NaO5P. The summed E-state index contributed by atoms with van der Waals surface area (Å²) < 4.78 is 13.5. The Morgan fingerprint density at radius 2 is 2.10 bits per heavy atom. The van der Waals surface area contributed by atoms with Crippen molar-refractivity contribution in [2.45, 2.75) is 13.3 Å². The molecule has 0 aliphatic rings. The van der Waals surface area contributed by atoms with E-state index in [1.165, 1.54) is 6.92 Å². The monoisotopic (exact) mass is 178 g/mol. The summed E-state index contributed by atoms with van der Waals surface area (Å²) in [6, 6.07) is 0. The van der Waals surface area contributed by atoms with Crippen LogP contribution in [0.15, 0.2) is 0 Å². The van der Waals surface area contributed by atoms with Crippen molar-refractivity contribution in [3.8, 4) is 0 Å². The SMILES string of the molecule is CCC(=O)OP(=O)(O)O.[H-].[Na+]. The standard InChI is InChI=1S/C3H7O5P.Na.H/c1-2-3(4)8-9(5,6)7;;/h2H2,1H3,(H2,5,6,7);;/q;+1;-1. The summed E-state index contributed by atoms with van der Waals surface area (Å²) in [6.45, 7) is 1.44. The van der Waals surface area contributed by atoms with Crippen LogP contribution in [0.3, 0.4) is 0 Å². The molecule has 2 N–H and O–H groups in total. The van der Waals surface area contributed by atoms with Gasteiger partial charge in [0.2, 0.25) is 0 Å². The maximum Gasteiger partial charge on any atom is 1.00 e. The summed E-state index contributed by atoms with van der Waals surface area (Å²) in [7, 11) is -4.59. The van der Waals surface area contributed by atoms with Crippen LogP contribution >= 0.6 is 7.82 Å². The van der Waals surface area contributed by atoms with Crippen LogP contribution in [-0.4, -0.2) is 15.8 Å². The van der Waals surface area contributed by atoms with E-state index in [0.717, 1.165) is 0 Å². The van der Waals surface area contributed by atoms with Crippen molar-refractivity contribution in [2.75, 3.05) is 0 Å². The first-order chi connectivity index (χ1) is 3.95. The fourth-order valence-electron chi connectivity index (χ4n) is 0.197. The third-order valence-corrected chi connectivity index (χ3v) is 0.951. The Kier molecular flexibility index (Phi) is 7.00. The van der Waals surface area contributed by atoms with Gasteiger partial charge in [0.25, 0.3) is 0 Å². The van der Waals surface area contributed by atoms with E-state index in [0.29, 0.717) is 0 Å². The van der Waals surface area contributed by atoms with Gasteiger partial charge in [-0.3, -0.25) is 14.6 Å². The summed E-state index contributed by atoms with van der Waals surface area (Å²) in [6.07, 6.45) is -0.0366. The summed E-state index contributed by atoms with van der Waals surface area (Å²) in [4.78, 5) is 26.1. The third-order valence-electron chi connectivity index (χ3n) is 0.509. The Morgan fingerprint density at radius 1 is 1.70 bits per heavy atom. The number of carbonyl (C=O) groups is 1. The maximum absolute atomic E-state index is 10.1. The molecule has 0 heterocycles. The number of phosphoric acid groups is 1. The second kappa shape index (κ2) is 5.29. The van der Waals surface area contributed by atoms with Crippen molar-refractivity contribution in [2.24, 2.45) is 0 Å². The van der Waals surface area contributed by atoms with Crippen LogP contribution in [0.5, 0.6) is 0 Å². The smallest absolute Gasteiger partial charge is 1.00 e. The average Bonchev–Trinajstić information content (AvgIpc) is 1.62. The molecule has 5 nitrogen and oxygen atoms in total. The quantitative estimate of drug-likeness (QED) is 0.351. The molecule has 10 heavy (non-hydrogen) atoms. The van der Waals surface area contributed by atoms with Crippen LogP contribution in [0.4, 0.5) is 0 Å². The van der Waals surface area contributed by atoms with Gasteiger partial charge in [0.05, 0.1) is 0 Å². The average molecular weight is 178 g/mol. The molecule has 0 radical (unpaired) electrons. The van der Waals surface area contributed by atoms with Gasteiger partial charge < -0.3 is 5.95 Å². The molecule has 0 saturated carbocycles. The molecule has 0 aromatic rings. The summed E-state index contributed by atoms with van der Waals surface area (Å²) in [5, 5.41) is 0. The second-order valence-corrected chi connectivity index (χ2v) is 2.47. The van der Waals surface area contributed by atoms with Gasteiger partial charge in [-0.1, -0.05) is 6.92 Å². The van der Waals surface area contributed by atoms with E-state index in [4.69, 9.17) is 9.79 Å². The summed E-state index contributed by atoms with van der Waals surface area (Å²) in [5.74, 6) is -0.900. The Hall–Kier alpha value is 0.620. The van der Waals surface area contributed by atoms with Crippen LogP contribution in [0.2, 0.25) is 0 Å². The molecule has 0 amide bonds.